The van der Waals surface area contributed by atoms with E-state index in [1.54, 1.807) is 20.8 Å². The molecule has 0 aliphatic heterocycles. The van der Waals surface area contributed by atoms with Gasteiger partial charge in [-0.3, -0.25) is 4.79 Å². The molecular formula is C13H24F2O3. The first-order valence-electron chi connectivity index (χ1n) is 6.31. The van der Waals surface area contributed by atoms with E-state index < -0.39 is 17.4 Å². The maximum atomic E-state index is 13.0. The third kappa shape index (κ3) is 5.76. The Morgan fingerprint density at radius 2 is 1.72 bits per heavy atom. The van der Waals surface area contributed by atoms with Crippen LogP contribution in [0.4, 0.5) is 8.78 Å². The van der Waals surface area contributed by atoms with E-state index in [4.69, 9.17) is 9.47 Å². The number of hydrogen-bond acceptors (Lipinski definition) is 3. The summed E-state index contributed by atoms with van der Waals surface area (Å²) in [6.07, 6.45) is -0.245. The predicted octanol–water partition coefficient (Wildman–Crippen LogP) is 3.42. The summed E-state index contributed by atoms with van der Waals surface area (Å²) in [5, 5.41) is 0. The Hall–Kier alpha value is -0.710. The van der Waals surface area contributed by atoms with Crippen LogP contribution in [0.1, 0.15) is 47.5 Å². The van der Waals surface area contributed by atoms with Gasteiger partial charge in [-0.05, 0) is 26.7 Å². The standard InChI is InChI=1S/C13H24F2O3/c1-6-10(13(5,14)15)17-8-9-18-11(16)12(3,4)7-2/h10H,6-9H2,1-5H3. The molecule has 0 aromatic heterocycles. The Bertz CT molecular complexity index is 259. The summed E-state index contributed by atoms with van der Waals surface area (Å²) in [6, 6.07) is 0. The number of ether oxygens (including phenoxy) is 2. The van der Waals surface area contributed by atoms with Gasteiger partial charge >= 0.3 is 5.97 Å². The largest absolute Gasteiger partial charge is 0.463 e. The second-order valence-corrected chi connectivity index (χ2v) is 5.10. The number of halogens is 2. The molecule has 0 saturated carbocycles. The topological polar surface area (TPSA) is 35.5 Å². The molecule has 0 amide bonds. The van der Waals surface area contributed by atoms with E-state index in [0.717, 1.165) is 6.92 Å². The van der Waals surface area contributed by atoms with Crippen molar-refractivity contribution in [3.63, 3.8) is 0 Å². The molecule has 0 radical (unpaired) electrons. The smallest absolute Gasteiger partial charge is 0.311 e. The molecule has 0 aliphatic carbocycles. The molecule has 1 atom stereocenters. The van der Waals surface area contributed by atoms with Crippen molar-refractivity contribution in [2.45, 2.75) is 59.5 Å². The first kappa shape index (κ1) is 17.3. The van der Waals surface area contributed by atoms with Gasteiger partial charge in [0, 0.05) is 6.92 Å². The van der Waals surface area contributed by atoms with Gasteiger partial charge in [-0.25, -0.2) is 8.78 Å². The van der Waals surface area contributed by atoms with Crippen LogP contribution >= 0.6 is 0 Å². The molecule has 0 bridgehead atoms. The SMILES string of the molecule is CCC(OCCOC(=O)C(C)(C)CC)C(C)(F)F. The molecule has 0 saturated heterocycles. The lowest BCUT2D eigenvalue weighted by Crippen LogP contribution is -2.34. The summed E-state index contributed by atoms with van der Waals surface area (Å²) in [5.74, 6) is -3.20. The van der Waals surface area contributed by atoms with E-state index in [0.29, 0.717) is 6.42 Å². The Kier molecular flexibility index (Phi) is 6.74. The van der Waals surface area contributed by atoms with Crippen LogP contribution in [-0.2, 0) is 14.3 Å². The van der Waals surface area contributed by atoms with Crippen molar-refractivity contribution in [1.82, 2.24) is 0 Å². The maximum absolute atomic E-state index is 13.0. The molecule has 0 spiro atoms. The molecule has 18 heavy (non-hydrogen) atoms. The van der Waals surface area contributed by atoms with E-state index in [1.807, 2.05) is 6.92 Å². The fourth-order valence-electron chi connectivity index (χ4n) is 1.29. The number of rotatable bonds is 8. The Labute approximate surface area is 108 Å². The van der Waals surface area contributed by atoms with Crippen LogP contribution in [0.15, 0.2) is 0 Å². The molecule has 3 nitrogen and oxygen atoms in total. The van der Waals surface area contributed by atoms with Crippen molar-refractivity contribution in [2.24, 2.45) is 5.41 Å². The first-order valence-corrected chi connectivity index (χ1v) is 6.31. The molecule has 0 heterocycles. The van der Waals surface area contributed by atoms with Gasteiger partial charge in [0.15, 0.2) is 0 Å². The summed E-state index contributed by atoms with van der Waals surface area (Å²) in [5.41, 5.74) is -0.543. The van der Waals surface area contributed by atoms with Crippen molar-refractivity contribution in [3.05, 3.63) is 0 Å². The zero-order valence-corrected chi connectivity index (χ0v) is 11.9. The van der Waals surface area contributed by atoms with Crippen molar-refractivity contribution in [2.75, 3.05) is 13.2 Å². The van der Waals surface area contributed by atoms with Gasteiger partial charge in [0.25, 0.3) is 5.92 Å². The van der Waals surface area contributed by atoms with Gasteiger partial charge < -0.3 is 9.47 Å². The van der Waals surface area contributed by atoms with Gasteiger partial charge in [-0.1, -0.05) is 13.8 Å². The number of alkyl halides is 2. The van der Waals surface area contributed by atoms with E-state index in [9.17, 15) is 13.6 Å². The summed E-state index contributed by atoms with van der Waals surface area (Å²) in [4.78, 5) is 11.6. The minimum atomic E-state index is -2.87. The summed E-state index contributed by atoms with van der Waals surface area (Å²) < 4.78 is 36.0. The monoisotopic (exact) mass is 266 g/mol. The molecule has 0 aromatic carbocycles. The molecule has 0 aliphatic rings. The normalized spacial score (nSPS) is 14.4. The summed E-state index contributed by atoms with van der Waals surface area (Å²) >= 11 is 0. The highest BCUT2D eigenvalue weighted by molar-refractivity contribution is 5.75. The second-order valence-electron chi connectivity index (χ2n) is 5.10. The van der Waals surface area contributed by atoms with E-state index >= 15 is 0 Å². The molecule has 1 unspecified atom stereocenters. The van der Waals surface area contributed by atoms with Crippen molar-refractivity contribution in [3.8, 4) is 0 Å². The molecular weight excluding hydrogens is 242 g/mol. The zero-order chi connectivity index (χ0) is 14.4. The quantitative estimate of drug-likeness (QED) is 0.499. The van der Waals surface area contributed by atoms with Crippen LogP contribution in [0.2, 0.25) is 0 Å². The van der Waals surface area contributed by atoms with Crippen LogP contribution in [0.25, 0.3) is 0 Å². The number of esters is 1. The lowest BCUT2D eigenvalue weighted by molar-refractivity contribution is -0.161. The highest BCUT2D eigenvalue weighted by Gasteiger charge is 2.33. The molecule has 0 aromatic rings. The lowest BCUT2D eigenvalue weighted by Gasteiger charge is -2.23. The third-order valence-corrected chi connectivity index (χ3v) is 3.01. The van der Waals surface area contributed by atoms with E-state index in [2.05, 4.69) is 0 Å². The second kappa shape index (κ2) is 7.02. The van der Waals surface area contributed by atoms with Gasteiger partial charge in [-0.2, -0.15) is 0 Å². The third-order valence-electron chi connectivity index (χ3n) is 3.01. The molecule has 0 N–H and O–H groups in total. The summed E-state index contributed by atoms with van der Waals surface area (Å²) in [6.45, 7) is 7.92. The van der Waals surface area contributed by atoms with E-state index in [-0.39, 0.29) is 25.6 Å². The van der Waals surface area contributed by atoms with Crippen LogP contribution in [0, 0.1) is 5.41 Å². The zero-order valence-electron chi connectivity index (χ0n) is 11.9. The number of hydrogen-bond donors (Lipinski definition) is 0. The van der Waals surface area contributed by atoms with E-state index in [1.165, 1.54) is 0 Å². The Morgan fingerprint density at radius 3 is 2.11 bits per heavy atom. The average Bonchev–Trinajstić information content (AvgIpc) is 2.26. The van der Waals surface area contributed by atoms with Gasteiger partial charge in [0.1, 0.15) is 12.7 Å². The van der Waals surface area contributed by atoms with Crippen LogP contribution < -0.4 is 0 Å². The number of carbonyl (C=O) groups is 1. The van der Waals surface area contributed by atoms with Gasteiger partial charge in [0.05, 0.1) is 12.0 Å². The predicted molar refractivity (Wildman–Crippen MR) is 65.7 cm³/mol. The fraction of sp³-hybridized carbons (Fsp3) is 0.923. The Morgan fingerprint density at radius 1 is 1.17 bits per heavy atom. The first-order chi connectivity index (χ1) is 8.15. The molecule has 0 fully saturated rings. The molecule has 5 heteroatoms. The minimum Gasteiger partial charge on any atom is -0.463 e. The van der Waals surface area contributed by atoms with Gasteiger partial charge in [-0.15, -0.1) is 0 Å². The number of carbonyl (C=O) groups excluding carboxylic acids is 1. The molecule has 108 valence electrons. The molecule has 0 rings (SSSR count). The van der Waals surface area contributed by atoms with Gasteiger partial charge in [0.2, 0.25) is 0 Å². The van der Waals surface area contributed by atoms with Crippen LogP contribution in [0.5, 0.6) is 0 Å². The highest BCUT2D eigenvalue weighted by Crippen LogP contribution is 2.23. The highest BCUT2D eigenvalue weighted by atomic mass is 19.3. The van der Waals surface area contributed by atoms with Crippen molar-refractivity contribution in [1.29, 1.82) is 0 Å². The van der Waals surface area contributed by atoms with Crippen LogP contribution in [-0.4, -0.2) is 31.2 Å². The van der Waals surface area contributed by atoms with Crippen molar-refractivity contribution < 1.29 is 23.0 Å². The maximum Gasteiger partial charge on any atom is 0.311 e. The fourth-order valence-corrected chi connectivity index (χ4v) is 1.29. The lowest BCUT2D eigenvalue weighted by atomic mass is 9.91. The van der Waals surface area contributed by atoms with Crippen LogP contribution in [0.3, 0.4) is 0 Å². The van der Waals surface area contributed by atoms with Crippen molar-refractivity contribution >= 4 is 5.97 Å². The average molecular weight is 266 g/mol. The summed E-state index contributed by atoms with van der Waals surface area (Å²) in [7, 11) is 0. The Balaban J connectivity index is 3.97. The minimum absolute atomic E-state index is 0.00648.